The Morgan fingerprint density at radius 2 is 1.91 bits per heavy atom. The Kier molecular flexibility index (Phi) is 6.05. The summed E-state index contributed by atoms with van der Waals surface area (Å²) in [5.41, 5.74) is 1.92. The first-order valence-corrected chi connectivity index (χ1v) is 8.03. The summed E-state index contributed by atoms with van der Waals surface area (Å²) in [6.45, 7) is 0.440. The van der Waals surface area contributed by atoms with E-state index in [0.717, 1.165) is 20.1 Å². The highest BCUT2D eigenvalue weighted by atomic mass is 79.9. The maximum atomic E-state index is 8.60. The van der Waals surface area contributed by atoms with Gasteiger partial charge in [0.2, 0.25) is 0 Å². The maximum absolute atomic E-state index is 8.60. The lowest BCUT2D eigenvalue weighted by Crippen LogP contribution is -1.99. The molecule has 0 radical (unpaired) electrons. The van der Waals surface area contributed by atoms with E-state index in [4.69, 9.17) is 14.7 Å². The van der Waals surface area contributed by atoms with Crippen LogP contribution >= 0.6 is 31.9 Å². The number of rotatable bonds is 5. The van der Waals surface area contributed by atoms with Crippen LogP contribution in [-0.2, 0) is 6.61 Å². The minimum atomic E-state index is 0.440. The lowest BCUT2D eigenvalue weighted by atomic mass is 10.2. The molecule has 0 N–H and O–H groups in total. The number of nitriles is 1. The molecule has 0 fully saturated rings. The molecule has 0 bridgehead atoms. The van der Waals surface area contributed by atoms with Crippen molar-refractivity contribution in [3.05, 3.63) is 62.5 Å². The SMILES string of the molecule is COc1cc(/C=C/C#N)cc(Br)c1OCc1ccc(Br)cc1. The Hall–Kier alpha value is -1.77. The highest BCUT2D eigenvalue weighted by molar-refractivity contribution is 9.10. The van der Waals surface area contributed by atoms with Crippen molar-refractivity contribution in [2.45, 2.75) is 6.61 Å². The fraction of sp³-hybridized carbons (Fsp3) is 0.118. The molecule has 0 amide bonds. The molecule has 0 saturated heterocycles. The molecule has 112 valence electrons. The van der Waals surface area contributed by atoms with E-state index in [2.05, 4.69) is 31.9 Å². The molecule has 0 aromatic heterocycles. The molecule has 0 atom stereocenters. The van der Waals surface area contributed by atoms with Crippen molar-refractivity contribution in [3.63, 3.8) is 0 Å². The summed E-state index contributed by atoms with van der Waals surface area (Å²) in [6, 6.07) is 13.6. The topological polar surface area (TPSA) is 42.2 Å². The Bertz CT molecular complexity index is 719. The normalized spacial score (nSPS) is 10.5. The molecule has 0 heterocycles. The first kappa shape index (κ1) is 16.6. The molecule has 3 nitrogen and oxygen atoms in total. The standard InChI is InChI=1S/C17H13Br2NO2/c1-21-16-10-13(3-2-8-20)9-15(19)17(16)22-11-12-4-6-14(18)7-5-12/h2-7,9-10H,11H2,1H3/b3-2+. The van der Waals surface area contributed by atoms with Gasteiger partial charge in [-0.15, -0.1) is 0 Å². The average molecular weight is 423 g/mol. The van der Waals surface area contributed by atoms with E-state index in [9.17, 15) is 0 Å². The number of hydrogen-bond acceptors (Lipinski definition) is 3. The van der Waals surface area contributed by atoms with Crippen LogP contribution < -0.4 is 9.47 Å². The molecule has 0 aliphatic heterocycles. The van der Waals surface area contributed by atoms with Crippen molar-refractivity contribution < 1.29 is 9.47 Å². The third-order valence-electron chi connectivity index (χ3n) is 2.90. The van der Waals surface area contributed by atoms with Gasteiger partial charge in [0.05, 0.1) is 17.7 Å². The predicted octanol–water partition coefficient (Wildman–Crippen LogP) is 5.34. The van der Waals surface area contributed by atoms with Gasteiger partial charge in [-0.25, -0.2) is 0 Å². The molecule has 22 heavy (non-hydrogen) atoms. The number of allylic oxidation sites excluding steroid dienone is 1. The van der Waals surface area contributed by atoms with Crippen LogP contribution in [0, 0.1) is 11.3 Å². The largest absolute Gasteiger partial charge is 0.493 e. The van der Waals surface area contributed by atoms with Crippen LogP contribution in [0.1, 0.15) is 11.1 Å². The summed E-state index contributed by atoms with van der Waals surface area (Å²) in [6.07, 6.45) is 3.13. The van der Waals surface area contributed by atoms with Crippen LogP contribution in [0.3, 0.4) is 0 Å². The summed E-state index contributed by atoms with van der Waals surface area (Å²) < 4.78 is 13.1. The molecule has 0 unspecified atom stereocenters. The van der Waals surface area contributed by atoms with Crippen molar-refractivity contribution in [3.8, 4) is 17.6 Å². The second-order valence-corrected chi connectivity index (χ2v) is 6.18. The average Bonchev–Trinajstić information content (AvgIpc) is 2.53. The lowest BCUT2D eigenvalue weighted by Gasteiger charge is -2.13. The molecule has 2 aromatic rings. The van der Waals surface area contributed by atoms with E-state index in [1.807, 2.05) is 42.5 Å². The van der Waals surface area contributed by atoms with Crippen molar-refractivity contribution in [2.24, 2.45) is 0 Å². The highest BCUT2D eigenvalue weighted by Crippen LogP contribution is 2.37. The number of hydrogen-bond donors (Lipinski definition) is 0. The smallest absolute Gasteiger partial charge is 0.175 e. The van der Waals surface area contributed by atoms with Crippen molar-refractivity contribution in [1.29, 1.82) is 5.26 Å². The van der Waals surface area contributed by atoms with E-state index in [-0.39, 0.29) is 0 Å². The van der Waals surface area contributed by atoms with Crippen LogP contribution in [0.5, 0.6) is 11.5 Å². The van der Waals surface area contributed by atoms with E-state index in [0.29, 0.717) is 18.1 Å². The number of ether oxygens (including phenoxy) is 2. The van der Waals surface area contributed by atoms with Crippen LogP contribution in [0.2, 0.25) is 0 Å². The summed E-state index contributed by atoms with van der Waals surface area (Å²) in [5, 5.41) is 8.60. The zero-order valence-corrected chi connectivity index (χ0v) is 15.0. The van der Waals surface area contributed by atoms with Gasteiger partial charge in [0.15, 0.2) is 11.5 Å². The zero-order valence-electron chi connectivity index (χ0n) is 11.8. The predicted molar refractivity (Wildman–Crippen MR) is 93.8 cm³/mol. The molecule has 5 heteroatoms. The van der Waals surface area contributed by atoms with E-state index < -0.39 is 0 Å². The Morgan fingerprint density at radius 1 is 1.18 bits per heavy atom. The van der Waals surface area contributed by atoms with Crippen molar-refractivity contribution in [1.82, 2.24) is 0 Å². The van der Waals surface area contributed by atoms with Crippen molar-refractivity contribution in [2.75, 3.05) is 7.11 Å². The summed E-state index contributed by atoms with van der Waals surface area (Å²) in [4.78, 5) is 0. The van der Waals surface area contributed by atoms with Gasteiger partial charge in [0, 0.05) is 10.5 Å². The second-order valence-electron chi connectivity index (χ2n) is 4.41. The quantitative estimate of drug-likeness (QED) is 0.611. The molecule has 2 aromatic carbocycles. The van der Waals surface area contributed by atoms with Gasteiger partial charge >= 0.3 is 0 Å². The molecule has 0 aliphatic rings. The zero-order chi connectivity index (χ0) is 15.9. The van der Waals surface area contributed by atoms with Crippen LogP contribution in [0.25, 0.3) is 6.08 Å². The first-order chi connectivity index (χ1) is 10.6. The summed E-state index contributed by atoms with van der Waals surface area (Å²) >= 11 is 6.89. The maximum Gasteiger partial charge on any atom is 0.175 e. The van der Waals surface area contributed by atoms with Crippen LogP contribution in [0.4, 0.5) is 0 Å². The minimum Gasteiger partial charge on any atom is -0.493 e. The number of halogens is 2. The Morgan fingerprint density at radius 3 is 2.55 bits per heavy atom. The highest BCUT2D eigenvalue weighted by Gasteiger charge is 2.11. The molecule has 0 spiro atoms. The summed E-state index contributed by atoms with van der Waals surface area (Å²) in [7, 11) is 1.59. The summed E-state index contributed by atoms with van der Waals surface area (Å²) in [5.74, 6) is 1.25. The van der Waals surface area contributed by atoms with Gasteiger partial charge in [-0.2, -0.15) is 5.26 Å². The monoisotopic (exact) mass is 421 g/mol. The van der Waals surface area contributed by atoms with Gasteiger partial charge in [-0.3, -0.25) is 0 Å². The third kappa shape index (κ3) is 4.36. The van der Waals surface area contributed by atoms with Crippen molar-refractivity contribution >= 4 is 37.9 Å². The molecular weight excluding hydrogens is 410 g/mol. The first-order valence-electron chi connectivity index (χ1n) is 6.45. The van der Waals surface area contributed by atoms with Gasteiger partial charge in [0.1, 0.15) is 6.61 Å². The van der Waals surface area contributed by atoms with Gasteiger partial charge in [-0.05, 0) is 57.4 Å². The number of methoxy groups -OCH3 is 1. The van der Waals surface area contributed by atoms with Gasteiger partial charge < -0.3 is 9.47 Å². The van der Waals surface area contributed by atoms with Gasteiger partial charge in [0.25, 0.3) is 0 Å². The molecule has 2 rings (SSSR count). The molecular formula is C17H13Br2NO2. The minimum absolute atomic E-state index is 0.440. The lowest BCUT2D eigenvalue weighted by molar-refractivity contribution is 0.282. The van der Waals surface area contributed by atoms with E-state index in [1.165, 1.54) is 6.08 Å². The fourth-order valence-corrected chi connectivity index (χ4v) is 2.68. The fourth-order valence-electron chi connectivity index (χ4n) is 1.85. The number of benzene rings is 2. The Balaban J connectivity index is 2.21. The van der Waals surface area contributed by atoms with E-state index >= 15 is 0 Å². The third-order valence-corrected chi connectivity index (χ3v) is 4.02. The molecule has 0 saturated carbocycles. The van der Waals surface area contributed by atoms with Gasteiger partial charge in [-0.1, -0.05) is 28.1 Å². The number of nitrogens with zero attached hydrogens (tertiary/aromatic N) is 1. The van der Waals surface area contributed by atoms with Crippen LogP contribution in [-0.4, -0.2) is 7.11 Å². The Labute approximate surface area is 146 Å². The van der Waals surface area contributed by atoms with Crippen LogP contribution in [0.15, 0.2) is 51.4 Å². The second kappa shape index (κ2) is 8.02. The van der Waals surface area contributed by atoms with E-state index in [1.54, 1.807) is 13.2 Å². The molecule has 0 aliphatic carbocycles.